The van der Waals surface area contributed by atoms with Crippen LogP contribution in [-0.2, 0) is 28.8 Å². The first-order chi connectivity index (χ1) is 12.9. The molecule has 0 aromatic rings. The Morgan fingerprint density at radius 1 is 0.857 bits per heavy atom. The molecule has 0 aliphatic rings. The lowest BCUT2D eigenvalue weighted by Gasteiger charge is -2.16. The van der Waals surface area contributed by atoms with Crippen LogP contribution in [0.1, 0.15) is 25.7 Å². The molecule has 0 spiro atoms. The molecule has 13 nitrogen and oxygen atoms in total. The van der Waals surface area contributed by atoms with Gasteiger partial charge in [-0.15, -0.1) is 0 Å². The molecule has 14 heteroatoms. The Labute approximate surface area is 164 Å². The van der Waals surface area contributed by atoms with Crippen molar-refractivity contribution in [2.75, 3.05) is 12.3 Å². The summed E-state index contributed by atoms with van der Waals surface area (Å²) in [4.78, 5) is 63.0. The zero-order chi connectivity index (χ0) is 22.3. The number of amides is 2. The number of carbonyl (C=O) groups excluding carboxylic acids is 2. The highest BCUT2D eigenvalue weighted by molar-refractivity contribution is 7.80. The van der Waals surface area contributed by atoms with Crippen LogP contribution in [0.5, 0.6) is 0 Å². The Bertz CT molecular complexity index is 570. The van der Waals surface area contributed by atoms with Gasteiger partial charge in [0.15, 0.2) is 0 Å². The van der Waals surface area contributed by atoms with Gasteiger partial charge in [0.1, 0.15) is 18.6 Å². The maximum Gasteiger partial charge on any atom is 0.322 e. The number of nitrogens with one attached hydrogen (secondary N) is 2. The van der Waals surface area contributed by atoms with E-state index in [1.807, 2.05) is 0 Å². The third-order valence-corrected chi connectivity index (χ3v) is 3.17. The summed E-state index contributed by atoms with van der Waals surface area (Å²) in [7, 11) is 0. The van der Waals surface area contributed by atoms with Gasteiger partial charge in [0.2, 0.25) is 11.8 Å². The van der Waals surface area contributed by atoms with Crippen molar-refractivity contribution in [3.63, 3.8) is 0 Å². The highest BCUT2D eigenvalue weighted by atomic mass is 32.1. The van der Waals surface area contributed by atoms with Gasteiger partial charge in [0.05, 0.1) is 12.8 Å². The van der Waals surface area contributed by atoms with Gasteiger partial charge in [-0.3, -0.25) is 28.8 Å². The minimum Gasteiger partial charge on any atom is -0.481 e. The first-order valence-electron chi connectivity index (χ1n) is 7.72. The number of aliphatic carboxylic acids is 4. The summed E-state index contributed by atoms with van der Waals surface area (Å²) < 4.78 is 0. The van der Waals surface area contributed by atoms with E-state index in [0.717, 1.165) is 0 Å². The lowest BCUT2D eigenvalue weighted by atomic mass is 10.1. The van der Waals surface area contributed by atoms with Crippen molar-refractivity contribution in [3.8, 4) is 0 Å². The predicted molar refractivity (Wildman–Crippen MR) is 95.8 cm³/mol. The zero-order valence-corrected chi connectivity index (χ0v) is 15.6. The molecule has 0 aliphatic heterocycles. The Morgan fingerprint density at radius 2 is 1.36 bits per heavy atom. The van der Waals surface area contributed by atoms with E-state index in [2.05, 4.69) is 23.3 Å². The monoisotopic (exact) mass is 425 g/mol. The van der Waals surface area contributed by atoms with Crippen molar-refractivity contribution in [3.05, 3.63) is 0 Å². The average Bonchev–Trinajstić information content (AvgIpc) is 2.60. The smallest absolute Gasteiger partial charge is 0.322 e. The lowest BCUT2D eigenvalue weighted by Crippen LogP contribution is -2.49. The maximum absolute atomic E-state index is 11.5. The van der Waals surface area contributed by atoms with Gasteiger partial charge in [0, 0.05) is 12.2 Å². The molecule has 0 fully saturated rings. The topological polar surface area (TPSA) is 233 Å². The molecule has 0 heterocycles. The molecule has 0 aromatic carbocycles. The molecule has 0 unspecified atom stereocenters. The Kier molecular flexibility index (Phi) is 14.9. The Morgan fingerprint density at radius 3 is 1.71 bits per heavy atom. The van der Waals surface area contributed by atoms with Crippen LogP contribution in [0.15, 0.2) is 0 Å². The van der Waals surface area contributed by atoms with Crippen LogP contribution in [-0.4, -0.2) is 80.5 Å². The van der Waals surface area contributed by atoms with E-state index in [9.17, 15) is 28.8 Å². The number of hydrogen-bond acceptors (Lipinski definition) is 8. The molecule has 0 rings (SSSR count). The van der Waals surface area contributed by atoms with E-state index in [1.165, 1.54) is 0 Å². The number of thiol groups is 1. The quantitative estimate of drug-likeness (QED) is 0.155. The molecule has 2 amide bonds. The second-order valence-corrected chi connectivity index (χ2v) is 5.55. The van der Waals surface area contributed by atoms with Gasteiger partial charge in [-0.05, 0) is 6.42 Å². The van der Waals surface area contributed by atoms with E-state index in [1.54, 1.807) is 0 Å². The van der Waals surface area contributed by atoms with Crippen molar-refractivity contribution in [2.45, 2.75) is 37.8 Å². The number of carboxylic acid groups (broad SMARTS) is 4. The highest BCUT2D eigenvalue weighted by Crippen LogP contribution is 1.97. The summed E-state index contributed by atoms with van der Waals surface area (Å²) in [5.74, 6) is -5.86. The molecule has 0 aliphatic carbocycles. The van der Waals surface area contributed by atoms with Crippen LogP contribution >= 0.6 is 12.6 Å². The van der Waals surface area contributed by atoms with Crippen molar-refractivity contribution in [1.82, 2.24) is 10.6 Å². The minimum atomic E-state index is -1.22. The third kappa shape index (κ3) is 16.6. The fraction of sp³-hybridized carbons (Fsp3) is 0.571. The lowest BCUT2D eigenvalue weighted by molar-refractivity contribution is -0.143. The van der Waals surface area contributed by atoms with Crippen LogP contribution in [0.4, 0.5) is 0 Å². The highest BCUT2D eigenvalue weighted by Gasteiger charge is 2.20. The fourth-order valence-corrected chi connectivity index (χ4v) is 1.63. The molecular formula is C14H23N3O10S. The summed E-state index contributed by atoms with van der Waals surface area (Å²) in [6, 6.07) is -2.15. The van der Waals surface area contributed by atoms with Crippen LogP contribution in [0.3, 0.4) is 0 Å². The van der Waals surface area contributed by atoms with E-state index in [-0.39, 0.29) is 31.4 Å². The zero-order valence-electron chi connectivity index (χ0n) is 14.7. The third-order valence-electron chi connectivity index (χ3n) is 2.80. The molecule has 0 aromatic heterocycles. The van der Waals surface area contributed by atoms with Crippen LogP contribution in [0, 0.1) is 0 Å². The van der Waals surface area contributed by atoms with Crippen molar-refractivity contribution < 1.29 is 49.2 Å². The SMILES string of the molecule is N[C@@H](CCC(=O)N[C@@H](CS)C(=O)NCC(=O)O)C(=O)O.O=C(O)CCC(=O)O. The van der Waals surface area contributed by atoms with Crippen LogP contribution < -0.4 is 16.4 Å². The van der Waals surface area contributed by atoms with Crippen LogP contribution in [0.2, 0.25) is 0 Å². The minimum absolute atomic E-state index is 0.0256. The van der Waals surface area contributed by atoms with E-state index in [4.69, 9.17) is 26.2 Å². The first kappa shape index (κ1) is 27.3. The predicted octanol–water partition coefficient (Wildman–Crippen LogP) is -2.27. The molecule has 0 radical (unpaired) electrons. The molecular weight excluding hydrogens is 402 g/mol. The molecule has 0 saturated carbocycles. The second-order valence-electron chi connectivity index (χ2n) is 5.19. The molecule has 0 saturated heterocycles. The van der Waals surface area contributed by atoms with Gasteiger partial charge >= 0.3 is 23.9 Å². The molecule has 0 bridgehead atoms. The van der Waals surface area contributed by atoms with E-state index >= 15 is 0 Å². The summed E-state index contributed by atoms with van der Waals surface area (Å²) in [6.45, 7) is -0.567. The van der Waals surface area contributed by atoms with Crippen molar-refractivity contribution in [1.29, 1.82) is 0 Å². The summed E-state index contributed by atoms with van der Waals surface area (Å²) in [5.41, 5.74) is 5.23. The van der Waals surface area contributed by atoms with Gasteiger partial charge < -0.3 is 36.8 Å². The number of hydrogen-bond donors (Lipinski definition) is 8. The number of rotatable bonds is 12. The van der Waals surface area contributed by atoms with E-state index < -0.39 is 54.3 Å². The Balaban J connectivity index is 0. The first-order valence-corrected chi connectivity index (χ1v) is 8.35. The summed E-state index contributed by atoms with van der Waals surface area (Å²) in [5, 5.41) is 37.2. The number of carboxylic acids is 4. The van der Waals surface area contributed by atoms with Gasteiger partial charge in [-0.2, -0.15) is 12.6 Å². The van der Waals surface area contributed by atoms with Gasteiger partial charge in [-0.25, -0.2) is 0 Å². The Hall–Kier alpha value is -2.87. The van der Waals surface area contributed by atoms with E-state index in [0.29, 0.717) is 0 Å². The van der Waals surface area contributed by atoms with Crippen molar-refractivity contribution in [2.24, 2.45) is 5.73 Å². The molecule has 160 valence electrons. The largest absolute Gasteiger partial charge is 0.481 e. The standard InChI is InChI=1S/C10H17N3O6S.C4H6O4/c11-5(10(18)19)1-2-7(14)13-6(4-20)9(17)12-3-8(15)16;5-3(6)1-2-4(7)8/h5-6,20H,1-4,11H2,(H,12,17)(H,13,14)(H,15,16)(H,18,19);1-2H2,(H,5,6)(H,7,8)/t5-,6-;/m0./s1. The summed E-state index contributed by atoms with van der Waals surface area (Å²) in [6.07, 6.45) is -0.828. The molecule has 28 heavy (non-hydrogen) atoms. The average molecular weight is 425 g/mol. The maximum atomic E-state index is 11.5. The molecule has 8 N–H and O–H groups in total. The normalized spacial score (nSPS) is 11.8. The van der Waals surface area contributed by atoms with Crippen LogP contribution in [0.25, 0.3) is 0 Å². The van der Waals surface area contributed by atoms with Gasteiger partial charge in [-0.1, -0.05) is 0 Å². The number of carbonyl (C=O) groups is 6. The van der Waals surface area contributed by atoms with Crippen molar-refractivity contribution >= 4 is 48.3 Å². The summed E-state index contributed by atoms with van der Waals surface area (Å²) >= 11 is 3.87. The second kappa shape index (κ2) is 15.2. The fourth-order valence-electron chi connectivity index (χ4n) is 1.37. The van der Waals surface area contributed by atoms with Gasteiger partial charge in [0.25, 0.3) is 0 Å². The number of nitrogens with two attached hydrogens (primary N) is 1. The molecule has 2 atom stereocenters.